The monoisotopic (exact) mass is 556 g/mol. The number of carbonyl (C=O) groups is 1. The van der Waals surface area contributed by atoms with Gasteiger partial charge in [0.25, 0.3) is 6.43 Å². The van der Waals surface area contributed by atoms with Crippen LogP contribution in [-0.4, -0.2) is 33.1 Å². The van der Waals surface area contributed by atoms with E-state index >= 15 is 0 Å². The summed E-state index contributed by atoms with van der Waals surface area (Å²) in [5, 5.41) is 14.4. The first kappa shape index (κ1) is 27.8. The molecule has 1 saturated carbocycles. The Morgan fingerprint density at radius 2 is 1.97 bits per heavy atom. The van der Waals surface area contributed by atoms with Crippen LogP contribution in [0.4, 0.5) is 33.6 Å². The smallest absolute Gasteiger partial charge is 0.433 e. The van der Waals surface area contributed by atoms with Crippen molar-refractivity contribution in [2.75, 3.05) is 12.4 Å². The fourth-order valence-electron chi connectivity index (χ4n) is 4.82. The van der Waals surface area contributed by atoms with Crippen LogP contribution < -0.4 is 5.32 Å². The number of methoxy groups -OCH3 is 1. The number of benzene rings is 1. The molecule has 0 bridgehead atoms. The zero-order chi connectivity index (χ0) is 27.9. The Kier molecular flexibility index (Phi) is 7.45. The number of ether oxygens (including phenoxy) is 1. The SMILES string of the molecule is COC(=O)C1CCC(O)(c2ncc(-c3cc(Nc4nccc(C(F)(F)F)n4)cc(C(F)F)c3)s2)CC1(C)C. The lowest BCUT2D eigenvalue weighted by Gasteiger charge is -2.44. The summed E-state index contributed by atoms with van der Waals surface area (Å²) in [4.78, 5) is 24.2. The van der Waals surface area contributed by atoms with E-state index in [-0.39, 0.29) is 36.0 Å². The third-order valence-electron chi connectivity index (χ3n) is 6.62. The minimum atomic E-state index is -4.70. The number of rotatable bonds is 6. The fraction of sp³-hybridized carbons (Fsp3) is 0.440. The van der Waals surface area contributed by atoms with E-state index in [1.807, 2.05) is 13.8 Å². The molecule has 1 fully saturated rings. The van der Waals surface area contributed by atoms with E-state index in [1.54, 1.807) is 0 Å². The Labute approximate surface area is 219 Å². The van der Waals surface area contributed by atoms with Gasteiger partial charge in [-0.25, -0.2) is 23.7 Å². The summed E-state index contributed by atoms with van der Waals surface area (Å²) in [7, 11) is 1.32. The molecule has 2 atom stereocenters. The molecule has 7 nitrogen and oxygen atoms in total. The minimum Gasteiger partial charge on any atom is -0.469 e. The molecule has 204 valence electrons. The molecule has 3 aromatic rings. The molecule has 0 saturated heterocycles. The molecule has 13 heteroatoms. The van der Waals surface area contributed by atoms with Gasteiger partial charge in [-0.05, 0) is 54.5 Å². The number of esters is 1. The van der Waals surface area contributed by atoms with Crippen molar-refractivity contribution in [3.05, 3.63) is 52.9 Å². The van der Waals surface area contributed by atoms with Gasteiger partial charge < -0.3 is 15.2 Å². The van der Waals surface area contributed by atoms with E-state index < -0.39 is 35.3 Å². The number of anilines is 2. The number of nitrogens with one attached hydrogen (secondary N) is 1. The average Bonchev–Trinajstić information content (AvgIpc) is 3.34. The molecule has 2 aromatic heterocycles. The highest BCUT2D eigenvalue weighted by Gasteiger charge is 2.49. The summed E-state index contributed by atoms with van der Waals surface area (Å²) in [5.74, 6) is -1.13. The molecule has 2 N–H and O–H groups in total. The highest BCUT2D eigenvalue weighted by molar-refractivity contribution is 7.15. The van der Waals surface area contributed by atoms with Crippen molar-refractivity contribution >= 4 is 28.9 Å². The summed E-state index contributed by atoms with van der Waals surface area (Å²) in [5.41, 5.74) is -3.07. The van der Waals surface area contributed by atoms with E-state index in [4.69, 9.17) is 4.74 Å². The van der Waals surface area contributed by atoms with Crippen LogP contribution in [0.15, 0.2) is 36.7 Å². The number of thiazole rings is 1. The van der Waals surface area contributed by atoms with Crippen LogP contribution in [0.3, 0.4) is 0 Å². The van der Waals surface area contributed by atoms with E-state index in [0.29, 0.717) is 27.9 Å². The van der Waals surface area contributed by atoms with Gasteiger partial charge in [0.15, 0.2) is 0 Å². The maximum absolute atomic E-state index is 13.7. The van der Waals surface area contributed by atoms with Gasteiger partial charge in [0.2, 0.25) is 5.95 Å². The summed E-state index contributed by atoms with van der Waals surface area (Å²) in [6, 6.07) is 4.52. The Hall–Kier alpha value is -3.19. The maximum atomic E-state index is 13.7. The zero-order valence-corrected chi connectivity index (χ0v) is 21.5. The van der Waals surface area contributed by atoms with Crippen molar-refractivity contribution in [3.63, 3.8) is 0 Å². The summed E-state index contributed by atoms with van der Waals surface area (Å²) in [6.45, 7) is 3.74. The summed E-state index contributed by atoms with van der Waals surface area (Å²) < 4.78 is 71.3. The number of halogens is 5. The first-order valence-corrected chi connectivity index (χ1v) is 12.4. The van der Waals surface area contributed by atoms with Crippen molar-refractivity contribution < 1.29 is 36.6 Å². The van der Waals surface area contributed by atoms with Gasteiger partial charge in [-0.15, -0.1) is 11.3 Å². The van der Waals surface area contributed by atoms with Crippen molar-refractivity contribution in [1.29, 1.82) is 0 Å². The van der Waals surface area contributed by atoms with E-state index in [2.05, 4.69) is 20.3 Å². The van der Waals surface area contributed by atoms with Gasteiger partial charge in [-0.1, -0.05) is 13.8 Å². The summed E-state index contributed by atoms with van der Waals surface area (Å²) in [6.07, 6.45) is -4.29. The third kappa shape index (κ3) is 5.78. The summed E-state index contributed by atoms with van der Waals surface area (Å²) >= 11 is 1.12. The average molecular weight is 557 g/mol. The predicted octanol–water partition coefficient (Wildman–Crippen LogP) is 6.49. The van der Waals surface area contributed by atoms with Crippen molar-refractivity contribution in [2.45, 2.75) is 51.3 Å². The molecule has 2 unspecified atom stereocenters. The topological polar surface area (TPSA) is 97.2 Å². The second-order valence-corrected chi connectivity index (χ2v) is 10.9. The molecule has 0 amide bonds. The molecule has 0 radical (unpaired) electrons. The molecule has 1 aliphatic carbocycles. The standard InChI is InChI=1S/C25H25F5N4O3S/c1-23(2)12-24(36,6-4-16(23)20(35)37-3)21-32-11-17(38-21)13-8-14(19(26)27)10-15(9-13)33-22-31-7-5-18(34-22)25(28,29)30/h5,7-11,16,19,36H,4,6,12H2,1-3H3,(H,31,33,34). The molecule has 1 aromatic carbocycles. The van der Waals surface area contributed by atoms with Crippen LogP contribution in [0.25, 0.3) is 10.4 Å². The highest BCUT2D eigenvalue weighted by atomic mass is 32.1. The molecule has 1 aliphatic rings. The number of hydrogen-bond donors (Lipinski definition) is 2. The van der Waals surface area contributed by atoms with Gasteiger partial charge in [0, 0.05) is 23.6 Å². The van der Waals surface area contributed by atoms with Crippen LogP contribution in [0.1, 0.15) is 55.8 Å². The molecule has 0 aliphatic heterocycles. The molecule has 38 heavy (non-hydrogen) atoms. The van der Waals surface area contributed by atoms with Crippen LogP contribution in [0.5, 0.6) is 0 Å². The fourth-order valence-corrected chi connectivity index (χ4v) is 5.84. The lowest BCUT2D eigenvalue weighted by Crippen LogP contribution is -2.45. The predicted molar refractivity (Wildman–Crippen MR) is 130 cm³/mol. The van der Waals surface area contributed by atoms with Crippen molar-refractivity contribution in [1.82, 2.24) is 15.0 Å². The first-order chi connectivity index (χ1) is 17.7. The number of alkyl halides is 5. The quantitative estimate of drug-likeness (QED) is 0.265. The van der Waals surface area contributed by atoms with Crippen LogP contribution in [0, 0.1) is 11.3 Å². The molecule has 4 rings (SSSR count). The Morgan fingerprint density at radius 1 is 1.24 bits per heavy atom. The van der Waals surface area contributed by atoms with Crippen LogP contribution in [0.2, 0.25) is 0 Å². The van der Waals surface area contributed by atoms with Gasteiger partial charge in [-0.2, -0.15) is 13.2 Å². The lowest BCUT2D eigenvalue weighted by atomic mass is 9.63. The van der Waals surface area contributed by atoms with Crippen LogP contribution in [-0.2, 0) is 21.3 Å². The second kappa shape index (κ2) is 10.2. The second-order valence-electron chi connectivity index (χ2n) is 9.87. The largest absolute Gasteiger partial charge is 0.469 e. The van der Waals surface area contributed by atoms with E-state index in [1.165, 1.54) is 25.4 Å². The lowest BCUT2D eigenvalue weighted by molar-refractivity contribution is -0.157. The zero-order valence-electron chi connectivity index (χ0n) is 20.6. The Bertz CT molecular complexity index is 1330. The maximum Gasteiger partial charge on any atom is 0.433 e. The van der Waals surface area contributed by atoms with Crippen molar-refractivity contribution in [2.24, 2.45) is 11.3 Å². The number of carbonyl (C=O) groups excluding carboxylic acids is 1. The normalized spacial score (nSPS) is 21.4. The highest BCUT2D eigenvalue weighted by Crippen LogP contribution is 2.51. The first-order valence-electron chi connectivity index (χ1n) is 11.6. The number of aromatic nitrogens is 3. The Morgan fingerprint density at radius 3 is 2.61 bits per heavy atom. The van der Waals surface area contributed by atoms with Gasteiger partial charge in [0.05, 0.1) is 17.9 Å². The van der Waals surface area contributed by atoms with Crippen LogP contribution >= 0.6 is 11.3 Å². The molecule has 2 heterocycles. The molecular weight excluding hydrogens is 531 g/mol. The third-order valence-corrected chi connectivity index (χ3v) is 7.86. The van der Waals surface area contributed by atoms with Crippen molar-refractivity contribution in [3.8, 4) is 10.4 Å². The molecular formula is C25H25F5N4O3S. The minimum absolute atomic E-state index is 0.0607. The number of nitrogens with zero attached hydrogens (tertiary/aromatic N) is 3. The van der Waals surface area contributed by atoms with E-state index in [0.717, 1.165) is 23.6 Å². The van der Waals surface area contributed by atoms with Gasteiger partial charge >= 0.3 is 12.1 Å². The number of aliphatic hydroxyl groups is 1. The van der Waals surface area contributed by atoms with E-state index in [9.17, 15) is 31.9 Å². The number of hydrogen-bond acceptors (Lipinski definition) is 8. The van der Waals surface area contributed by atoms with Gasteiger partial charge in [-0.3, -0.25) is 4.79 Å². The van der Waals surface area contributed by atoms with Gasteiger partial charge in [0.1, 0.15) is 16.3 Å². The molecule has 0 spiro atoms. The Balaban J connectivity index is 1.64.